The number of rotatable bonds is 2. The van der Waals surface area contributed by atoms with Crippen molar-refractivity contribution in [2.75, 3.05) is 10.6 Å². The Morgan fingerprint density at radius 3 is 2.75 bits per heavy atom. The molecule has 0 spiro atoms. The van der Waals surface area contributed by atoms with Crippen LogP contribution >= 0.6 is 23.1 Å². The lowest BCUT2D eigenvalue weighted by molar-refractivity contribution is -0.112. The molecular weight excluding hydrogens is 340 g/mol. The maximum atomic E-state index is 12.5. The third kappa shape index (κ3) is 2.62. The molecule has 4 rings (SSSR count). The lowest BCUT2D eigenvalue weighted by Gasteiger charge is -2.03. The molecule has 116 valence electrons. The van der Waals surface area contributed by atoms with Crippen molar-refractivity contribution in [3.63, 3.8) is 0 Å². The summed E-state index contributed by atoms with van der Waals surface area (Å²) in [4.78, 5) is 17.8. The largest absolute Gasteiger partial charge is 0.348 e. The molecule has 1 aliphatic heterocycles. The maximum Gasteiger partial charge on any atom is 0.270 e. The Bertz CT molecular complexity index is 972. The minimum absolute atomic E-state index is 0.0513. The zero-order chi connectivity index (χ0) is 16.5. The van der Waals surface area contributed by atoms with Crippen molar-refractivity contribution in [1.82, 2.24) is 4.98 Å². The molecule has 0 atom stereocenters. The number of thiazole rings is 1. The van der Waals surface area contributed by atoms with E-state index in [-0.39, 0.29) is 5.57 Å². The highest BCUT2D eigenvalue weighted by Crippen LogP contribution is 2.42. The van der Waals surface area contributed by atoms with Gasteiger partial charge >= 0.3 is 0 Å². The number of nitriles is 1. The molecule has 1 aromatic heterocycles. The van der Waals surface area contributed by atoms with Crippen LogP contribution in [0.4, 0.5) is 10.8 Å². The predicted molar refractivity (Wildman–Crippen MR) is 96.8 cm³/mol. The second-order valence-corrected chi connectivity index (χ2v) is 7.06. The number of hydrogen-bond donors (Lipinski definition) is 2. The first-order chi connectivity index (χ1) is 11.7. The second kappa shape index (κ2) is 6.00. The van der Waals surface area contributed by atoms with Crippen molar-refractivity contribution in [1.29, 1.82) is 5.26 Å². The number of thioether (sulfide) groups is 1. The molecule has 0 saturated heterocycles. The van der Waals surface area contributed by atoms with E-state index in [4.69, 9.17) is 0 Å². The summed E-state index contributed by atoms with van der Waals surface area (Å²) >= 11 is 2.76. The lowest BCUT2D eigenvalue weighted by atomic mass is 10.3. The quantitative estimate of drug-likeness (QED) is 0.535. The Balaban J connectivity index is 1.61. The van der Waals surface area contributed by atoms with Gasteiger partial charge in [-0.15, -0.1) is 0 Å². The minimum Gasteiger partial charge on any atom is -0.348 e. The SMILES string of the molecule is N#C/C(C(=O)Nc1nc2ccccc2s1)=C1/Nc2ccccc2S1. The molecule has 3 aromatic rings. The fourth-order valence-electron chi connectivity index (χ4n) is 2.32. The lowest BCUT2D eigenvalue weighted by Crippen LogP contribution is -2.15. The van der Waals surface area contributed by atoms with Gasteiger partial charge in [-0.3, -0.25) is 10.1 Å². The Kier molecular flexibility index (Phi) is 3.69. The number of amides is 1. The van der Waals surface area contributed by atoms with Gasteiger partial charge in [0.2, 0.25) is 0 Å². The van der Waals surface area contributed by atoms with Crippen LogP contribution in [0.3, 0.4) is 0 Å². The van der Waals surface area contributed by atoms with Crippen molar-refractivity contribution in [2.24, 2.45) is 0 Å². The number of fused-ring (bicyclic) bond motifs is 2. The van der Waals surface area contributed by atoms with Crippen LogP contribution in [0.1, 0.15) is 0 Å². The highest BCUT2D eigenvalue weighted by atomic mass is 32.2. The number of carbonyl (C=O) groups excluding carboxylic acids is 1. The summed E-state index contributed by atoms with van der Waals surface area (Å²) in [7, 11) is 0. The van der Waals surface area contributed by atoms with Gasteiger partial charge in [-0.2, -0.15) is 5.26 Å². The summed E-state index contributed by atoms with van der Waals surface area (Å²) in [6.45, 7) is 0. The normalized spacial score (nSPS) is 14.6. The van der Waals surface area contributed by atoms with Gasteiger partial charge in [-0.25, -0.2) is 4.98 Å². The molecule has 1 aliphatic rings. The molecule has 0 fully saturated rings. The summed E-state index contributed by atoms with van der Waals surface area (Å²) < 4.78 is 0.986. The molecule has 0 bridgehead atoms. The van der Waals surface area contributed by atoms with Crippen LogP contribution in [0.2, 0.25) is 0 Å². The molecule has 0 aliphatic carbocycles. The van der Waals surface area contributed by atoms with Crippen molar-refractivity contribution in [3.8, 4) is 6.07 Å². The summed E-state index contributed by atoms with van der Waals surface area (Å²) in [5, 5.41) is 16.3. The first kappa shape index (κ1) is 14.8. The average molecular weight is 350 g/mol. The third-order valence-electron chi connectivity index (χ3n) is 3.43. The maximum absolute atomic E-state index is 12.5. The average Bonchev–Trinajstić information content (AvgIpc) is 3.18. The zero-order valence-electron chi connectivity index (χ0n) is 12.2. The van der Waals surface area contributed by atoms with E-state index in [2.05, 4.69) is 15.6 Å². The zero-order valence-corrected chi connectivity index (χ0v) is 13.9. The van der Waals surface area contributed by atoms with E-state index in [9.17, 15) is 10.1 Å². The number of hydrogen-bond acceptors (Lipinski definition) is 6. The van der Waals surface area contributed by atoms with E-state index in [1.807, 2.05) is 54.6 Å². The van der Waals surface area contributed by atoms with E-state index < -0.39 is 5.91 Å². The number of nitrogens with zero attached hydrogens (tertiary/aromatic N) is 2. The monoisotopic (exact) mass is 350 g/mol. The van der Waals surface area contributed by atoms with Gasteiger partial charge in [0.1, 0.15) is 16.7 Å². The molecule has 7 heteroatoms. The number of para-hydroxylation sites is 2. The Morgan fingerprint density at radius 1 is 1.17 bits per heavy atom. The predicted octanol–water partition coefficient (Wildman–Crippen LogP) is 4.19. The molecule has 0 radical (unpaired) electrons. The highest BCUT2D eigenvalue weighted by Gasteiger charge is 2.23. The van der Waals surface area contributed by atoms with Gasteiger partial charge in [0.05, 0.1) is 15.9 Å². The summed E-state index contributed by atoms with van der Waals surface area (Å²) in [6, 6.07) is 17.3. The van der Waals surface area contributed by atoms with Crippen LogP contribution in [0.15, 0.2) is 64.0 Å². The summed E-state index contributed by atoms with van der Waals surface area (Å²) in [5.41, 5.74) is 1.78. The highest BCUT2D eigenvalue weighted by molar-refractivity contribution is 8.03. The van der Waals surface area contributed by atoms with Crippen LogP contribution in [-0.2, 0) is 4.79 Å². The molecule has 0 unspecified atom stereocenters. The van der Waals surface area contributed by atoms with E-state index in [1.165, 1.54) is 23.1 Å². The van der Waals surface area contributed by atoms with Crippen LogP contribution in [0.25, 0.3) is 10.2 Å². The first-order valence-corrected chi connectivity index (χ1v) is 8.73. The van der Waals surface area contributed by atoms with E-state index in [1.54, 1.807) is 0 Å². The Hall–Kier alpha value is -2.82. The number of aromatic nitrogens is 1. The molecule has 2 N–H and O–H groups in total. The minimum atomic E-state index is -0.459. The van der Waals surface area contributed by atoms with E-state index in [0.717, 1.165) is 20.8 Å². The number of carbonyl (C=O) groups is 1. The fourth-order valence-corrected chi connectivity index (χ4v) is 4.18. The van der Waals surface area contributed by atoms with Crippen LogP contribution in [0.5, 0.6) is 0 Å². The molecule has 5 nitrogen and oxygen atoms in total. The van der Waals surface area contributed by atoms with Gasteiger partial charge in [0.25, 0.3) is 5.91 Å². The van der Waals surface area contributed by atoms with Crippen LogP contribution in [-0.4, -0.2) is 10.9 Å². The van der Waals surface area contributed by atoms with E-state index in [0.29, 0.717) is 10.2 Å². The third-order valence-corrected chi connectivity index (χ3v) is 5.47. The Labute approximate surface area is 146 Å². The Morgan fingerprint density at radius 2 is 1.96 bits per heavy atom. The topological polar surface area (TPSA) is 77.8 Å². The number of anilines is 2. The van der Waals surface area contributed by atoms with E-state index >= 15 is 0 Å². The van der Waals surface area contributed by atoms with Crippen molar-refractivity contribution in [2.45, 2.75) is 4.90 Å². The second-order valence-electron chi connectivity index (χ2n) is 4.98. The molecule has 2 aromatic carbocycles. The number of nitrogens with one attached hydrogen (secondary N) is 2. The van der Waals surface area contributed by atoms with Gasteiger partial charge in [0.15, 0.2) is 5.13 Å². The van der Waals surface area contributed by atoms with Crippen LogP contribution < -0.4 is 10.6 Å². The standard InChI is InChI=1S/C17H10N4OS2/c18-9-10(16-19-11-5-1-3-7-13(11)23-16)15(22)21-17-20-12-6-2-4-8-14(12)24-17/h1-8,19H,(H,20,21,22)/b16-10+. The molecule has 2 heterocycles. The molecule has 24 heavy (non-hydrogen) atoms. The first-order valence-electron chi connectivity index (χ1n) is 7.10. The van der Waals surface area contributed by atoms with Gasteiger partial charge in [-0.05, 0) is 24.3 Å². The van der Waals surface area contributed by atoms with Crippen molar-refractivity contribution >= 4 is 50.0 Å². The van der Waals surface area contributed by atoms with Crippen molar-refractivity contribution in [3.05, 3.63) is 59.1 Å². The van der Waals surface area contributed by atoms with Gasteiger partial charge in [0, 0.05) is 4.90 Å². The molecule has 0 saturated carbocycles. The van der Waals surface area contributed by atoms with Gasteiger partial charge < -0.3 is 5.32 Å². The molecular formula is C17H10N4OS2. The fraction of sp³-hybridized carbons (Fsp3) is 0. The summed E-state index contributed by atoms with van der Waals surface area (Å²) in [5.74, 6) is -0.459. The molecule has 1 amide bonds. The van der Waals surface area contributed by atoms with Gasteiger partial charge in [-0.1, -0.05) is 47.4 Å². The smallest absolute Gasteiger partial charge is 0.270 e. The van der Waals surface area contributed by atoms with Crippen LogP contribution in [0, 0.1) is 11.3 Å². The van der Waals surface area contributed by atoms with Crippen molar-refractivity contribution < 1.29 is 4.79 Å². The number of benzene rings is 2. The summed E-state index contributed by atoms with van der Waals surface area (Å²) in [6.07, 6.45) is 0.